The number of amides is 1. The molecule has 0 radical (unpaired) electrons. The summed E-state index contributed by atoms with van der Waals surface area (Å²) in [4.78, 5) is 14.9. The standard InChI is InChI=1S/C20H25N3O2/c1-14(2)11-12-23(20(24)18-10-6-7-13-25-18)19-17-9-5-4-8-16(17)15(3)21-22-19/h4-9,14,18H,10-13H2,1-3H3. The number of hydrogen-bond acceptors (Lipinski definition) is 4. The first-order chi connectivity index (χ1) is 12.1. The highest BCUT2D eigenvalue weighted by molar-refractivity contribution is 6.04. The fourth-order valence-corrected chi connectivity index (χ4v) is 3.00. The van der Waals surface area contributed by atoms with Gasteiger partial charge in [-0.25, -0.2) is 0 Å². The van der Waals surface area contributed by atoms with Crippen LogP contribution in [-0.2, 0) is 9.53 Å². The molecule has 0 N–H and O–H groups in total. The van der Waals surface area contributed by atoms with E-state index in [1.165, 1.54) is 0 Å². The summed E-state index contributed by atoms with van der Waals surface area (Å²) in [6.45, 7) is 7.34. The number of aromatic nitrogens is 2. The van der Waals surface area contributed by atoms with Gasteiger partial charge in [0.15, 0.2) is 5.82 Å². The van der Waals surface area contributed by atoms with E-state index in [0.29, 0.717) is 31.3 Å². The number of fused-ring (bicyclic) bond motifs is 1. The second-order valence-corrected chi connectivity index (χ2v) is 6.86. The Hall–Kier alpha value is -2.27. The molecule has 0 spiro atoms. The monoisotopic (exact) mass is 339 g/mol. The third kappa shape index (κ3) is 3.87. The van der Waals surface area contributed by atoms with Crippen molar-refractivity contribution in [2.75, 3.05) is 18.1 Å². The van der Waals surface area contributed by atoms with Crippen LogP contribution in [0.15, 0.2) is 36.4 Å². The molecule has 0 bridgehead atoms. The largest absolute Gasteiger partial charge is 0.364 e. The Bertz CT molecular complexity index is 786. The Morgan fingerprint density at radius 2 is 2.00 bits per heavy atom. The first-order valence-corrected chi connectivity index (χ1v) is 8.88. The van der Waals surface area contributed by atoms with Gasteiger partial charge in [-0.15, -0.1) is 5.10 Å². The van der Waals surface area contributed by atoms with E-state index in [-0.39, 0.29) is 5.91 Å². The number of rotatable bonds is 5. The van der Waals surface area contributed by atoms with E-state index in [0.717, 1.165) is 22.9 Å². The summed E-state index contributed by atoms with van der Waals surface area (Å²) in [6, 6.07) is 7.98. The molecule has 1 aliphatic heterocycles. The number of carbonyl (C=O) groups is 1. The zero-order chi connectivity index (χ0) is 17.8. The molecule has 0 saturated carbocycles. The fraction of sp³-hybridized carbons (Fsp3) is 0.450. The van der Waals surface area contributed by atoms with Crippen molar-refractivity contribution >= 4 is 22.5 Å². The molecule has 1 aromatic carbocycles. The smallest absolute Gasteiger partial charge is 0.257 e. The summed E-state index contributed by atoms with van der Waals surface area (Å²) >= 11 is 0. The zero-order valence-electron chi connectivity index (χ0n) is 15.1. The van der Waals surface area contributed by atoms with Crippen LogP contribution in [0.2, 0.25) is 0 Å². The van der Waals surface area contributed by atoms with Gasteiger partial charge in [0.25, 0.3) is 5.91 Å². The van der Waals surface area contributed by atoms with Gasteiger partial charge >= 0.3 is 0 Å². The van der Waals surface area contributed by atoms with Gasteiger partial charge in [0.05, 0.1) is 12.3 Å². The molecule has 0 fully saturated rings. The predicted molar refractivity (Wildman–Crippen MR) is 99.6 cm³/mol. The van der Waals surface area contributed by atoms with Gasteiger partial charge in [-0.05, 0) is 19.3 Å². The van der Waals surface area contributed by atoms with Crippen LogP contribution < -0.4 is 4.90 Å². The second-order valence-electron chi connectivity index (χ2n) is 6.86. The molecule has 132 valence electrons. The SMILES string of the molecule is Cc1nnc(N(CCC(C)C)C(=O)C2CC=CCO2)c2ccccc12. The van der Waals surface area contributed by atoms with E-state index in [4.69, 9.17) is 4.74 Å². The van der Waals surface area contributed by atoms with Crippen molar-refractivity contribution in [3.63, 3.8) is 0 Å². The molecule has 0 saturated heterocycles. The molecule has 1 unspecified atom stereocenters. The van der Waals surface area contributed by atoms with Crippen LogP contribution >= 0.6 is 0 Å². The van der Waals surface area contributed by atoms with Crippen molar-refractivity contribution in [1.82, 2.24) is 10.2 Å². The number of ether oxygens (including phenoxy) is 1. The number of nitrogens with zero attached hydrogens (tertiary/aromatic N) is 3. The van der Waals surface area contributed by atoms with E-state index >= 15 is 0 Å². The molecule has 25 heavy (non-hydrogen) atoms. The maximum atomic E-state index is 13.1. The molecule has 5 heteroatoms. The lowest BCUT2D eigenvalue weighted by molar-refractivity contribution is -0.129. The number of aryl methyl sites for hydroxylation is 1. The van der Waals surface area contributed by atoms with Gasteiger partial charge < -0.3 is 4.74 Å². The first kappa shape index (κ1) is 17.5. The summed E-state index contributed by atoms with van der Waals surface area (Å²) in [5.41, 5.74) is 0.868. The summed E-state index contributed by atoms with van der Waals surface area (Å²) in [5, 5.41) is 10.7. The van der Waals surface area contributed by atoms with E-state index in [1.807, 2.05) is 43.3 Å². The average molecular weight is 339 g/mol. The minimum atomic E-state index is -0.445. The van der Waals surface area contributed by atoms with Crippen LogP contribution in [0.3, 0.4) is 0 Å². The molecule has 2 aromatic rings. The molecular weight excluding hydrogens is 314 g/mol. The number of carbonyl (C=O) groups excluding carboxylic acids is 1. The lowest BCUT2D eigenvalue weighted by Crippen LogP contribution is -2.42. The highest BCUT2D eigenvalue weighted by Crippen LogP contribution is 2.27. The summed E-state index contributed by atoms with van der Waals surface area (Å²) in [7, 11) is 0. The highest BCUT2D eigenvalue weighted by atomic mass is 16.5. The fourth-order valence-electron chi connectivity index (χ4n) is 3.00. The number of benzene rings is 1. The second kappa shape index (κ2) is 7.74. The van der Waals surface area contributed by atoms with Crippen LogP contribution in [0.25, 0.3) is 10.8 Å². The maximum absolute atomic E-state index is 13.1. The van der Waals surface area contributed by atoms with Crippen LogP contribution in [-0.4, -0.2) is 35.4 Å². The third-order valence-electron chi connectivity index (χ3n) is 4.49. The van der Waals surface area contributed by atoms with Gasteiger partial charge in [0.1, 0.15) is 6.10 Å². The number of hydrogen-bond donors (Lipinski definition) is 0. The van der Waals surface area contributed by atoms with E-state index in [1.54, 1.807) is 4.90 Å². The van der Waals surface area contributed by atoms with E-state index in [2.05, 4.69) is 24.0 Å². The quantitative estimate of drug-likeness (QED) is 0.780. The van der Waals surface area contributed by atoms with Crippen LogP contribution in [0.4, 0.5) is 5.82 Å². The maximum Gasteiger partial charge on any atom is 0.257 e. The molecule has 1 aromatic heterocycles. The third-order valence-corrected chi connectivity index (χ3v) is 4.49. The minimum absolute atomic E-state index is 0.0340. The summed E-state index contributed by atoms with van der Waals surface area (Å²) < 4.78 is 5.66. The first-order valence-electron chi connectivity index (χ1n) is 8.88. The Morgan fingerprint density at radius 1 is 1.24 bits per heavy atom. The van der Waals surface area contributed by atoms with Crippen molar-refractivity contribution in [1.29, 1.82) is 0 Å². The molecular formula is C20H25N3O2. The Balaban J connectivity index is 2.01. The molecule has 1 amide bonds. The van der Waals surface area contributed by atoms with Crippen LogP contribution in [0.1, 0.15) is 32.4 Å². The molecule has 0 aliphatic carbocycles. The van der Waals surface area contributed by atoms with Gasteiger partial charge in [0.2, 0.25) is 0 Å². The van der Waals surface area contributed by atoms with Crippen LogP contribution in [0, 0.1) is 12.8 Å². The van der Waals surface area contributed by atoms with Gasteiger partial charge in [0, 0.05) is 23.7 Å². The Kier molecular flexibility index (Phi) is 5.43. The average Bonchev–Trinajstić information content (AvgIpc) is 2.64. The molecule has 1 atom stereocenters. The molecule has 3 rings (SSSR count). The summed E-state index contributed by atoms with van der Waals surface area (Å²) in [6.07, 6.45) is 5.01. The van der Waals surface area contributed by atoms with Gasteiger partial charge in [-0.2, -0.15) is 5.10 Å². The van der Waals surface area contributed by atoms with Crippen molar-refractivity contribution in [2.45, 2.75) is 39.7 Å². The molecule has 1 aliphatic rings. The lowest BCUT2D eigenvalue weighted by Gasteiger charge is -2.28. The Morgan fingerprint density at radius 3 is 2.68 bits per heavy atom. The summed E-state index contributed by atoms with van der Waals surface area (Å²) in [5.74, 6) is 1.09. The van der Waals surface area contributed by atoms with Crippen molar-refractivity contribution in [3.05, 3.63) is 42.1 Å². The van der Waals surface area contributed by atoms with Crippen LogP contribution in [0.5, 0.6) is 0 Å². The lowest BCUT2D eigenvalue weighted by atomic mass is 10.1. The normalized spacial score (nSPS) is 17.2. The number of anilines is 1. The van der Waals surface area contributed by atoms with Gasteiger partial charge in [-0.1, -0.05) is 50.3 Å². The van der Waals surface area contributed by atoms with Gasteiger partial charge in [-0.3, -0.25) is 9.69 Å². The topological polar surface area (TPSA) is 55.3 Å². The van der Waals surface area contributed by atoms with Crippen molar-refractivity contribution in [3.8, 4) is 0 Å². The zero-order valence-corrected chi connectivity index (χ0v) is 15.1. The highest BCUT2D eigenvalue weighted by Gasteiger charge is 2.28. The predicted octanol–water partition coefficient (Wildman–Crippen LogP) is 3.66. The Labute approximate surface area is 148 Å². The molecule has 2 heterocycles. The van der Waals surface area contributed by atoms with Crippen molar-refractivity contribution in [2.24, 2.45) is 5.92 Å². The molecule has 5 nitrogen and oxygen atoms in total. The van der Waals surface area contributed by atoms with Crippen molar-refractivity contribution < 1.29 is 9.53 Å². The van der Waals surface area contributed by atoms with E-state index in [9.17, 15) is 4.79 Å². The minimum Gasteiger partial charge on any atom is -0.364 e. The van der Waals surface area contributed by atoms with E-state index < -0.39 is 6.10 Å².